The second kappa shape index (κ2) is 8.71. The molecule has 0 aromatic heterocycles. The Labute approximate surface area is 117 Å². The van der Waals surface area contributed by atoms with Crippen LogP contribution in [-0.4, -0.2) is 48.4 Å². The fraction of sp³-hybridized carbons (Fsp3) is 0.417. The fourth-order valence-electron chi connectivity index (χ4n) is 1.35. The Morgan fingerprint density at radius 2 is 2.11 bits per heavy atom. The zero-order chi connectivity index (χ0) is 13.4. The Morgan fingerprint density at radius 1 is 1.44 bits per heavy atom. The molecule has 0 fully saturated rings. The van der Waals surface area contributed by atoms with Crippen LogP contribution in [0.4, 0.5) is 0 Å². The molecule has 0 heterocycles. The van der Waals surface area contributed by atoms with Gasteiger partial charge in [-0.05, 0) is 0 Å². The summed E-state index contributed by atoms with van der Waals surface area (Å²) in [4.78, 5) is 11.5. The predicted molar refractivity (Wildman–Crippen MR) is 76.7 cm³/mol. The van der Waals surface area contributed by atoms with Crippen molar-refractivity contribution in [2.24, 2.45) is 0 Å². The number of esters is 1. The summed E-state index contributed by atoms with van der Waals surface area (Å²) < 4.78 is 11.5. The normalized spacial score (nSPS) is 13.9. The molecule has 0 N–H and O–H groups in total. The average Bonchev–Trinajstić information content (AvgIpc) is 2.37. The SMILES string of the molecule is [B]P(C)O[C@H](CC[Se]c1ccccc1)C(=O)OC. The van der Waals surface area contributed by atoms with Crippen LogP contribution < -0.4 is 4.46 Å². The molecular weight excluding hydrogens is 313 g/mol. The third-order valence-electron chi connectivity index (χ3n) is 2.15. The van der Waals surface area contributed by atoms with E-state index in [1.165, 1.54) is 11.6 Å². The topological polar surface area (TPSA) is 35.5 Å². The molecule has 0 aliphatic rings. The first-order valence-corrected chi connectivity index (χ1v) is 9.38. The first-order chi connectivity index (χ1) is 8.63. The number of benzene rings is 1. The van der Waals surface area contributed by atoms with Crippen molar-refractivity contribution in [2.45, 2.75) is 17.8 Å². The van der Waals surface area contributed by atoms with E-state index in [0.29, 0.717) is 21.4 Å². The van der Waals surface area contributed by atoms with Gasteiger partial charge in [-0.25, -0.2) is 0 Å². The Kier molecular flexibility index (Phi) is 7.61. The first-order valence-electron chi connectivity index (χ1n) is 5.54. The number of hydrogen-bond donors (Lipinski definition) is 0. The summed E-state index contributed by atoms with van der Waals surface area (Å²) in [6, 6.07) is 10.2. The van der Waals surface area contributed by atoms with Crippen molar-refractivity contribution in [3.05, 3.63) is 30.3 Å². The van der Waals surface area contributed by atoms with Crippen molar-refractivity contribution in [3.8, 4) is 0 Å². The number of hydrogen-bond acceptors (Lipinski definition) is 3. The summed E-state index contributed by atoms with van der Waals surface area (Å²) >= 11 is 0.349. The van der Waals surface area contributed by atoms with Gasteiger partial charge < -0.3 is 0 Å². The summed E-state index contributed by atoms with van der Waals surface area (Å²) in [5.74, 6) is -0.335. The van der Waals surface area contributed by atoms with Crippen molar-refractivity contribution in [1.29, 1.82) is 0 Å². The van der Waals surface area contributed by atoms with Gasteiger partial charge in [0.05, 0.1) is 0 Å². The van der Waals surface area contributed by atoms with Crippen molar-refractivity contribution >= 4 is 41.0 Å². The molecule has 1 rings (SSSR count). The average molecular weight is 329 g/mol. The molecule has 0 amide bonds. The molecule has 18 heavy (non-hydrogen) atoms. The Hall–Kier alpha value is -0.336. The maximum absolute atomic E-state index is 11.5. The maximum atomic E-state index is 11.5. The molecule has 2 atom stereocenters. The molecule has 1 unspecified atom stereocenters. The van der Waals surface area contributed by atoms with E-state index in [2.05, 4.69) is 12.1 Å². The summed E-state index contributed by atoms with van der Waals surface area (Å²) in [5, 5.41) is 0.931. The van der Waals surface area contributed by atoms with Gasteiger partial charge in [-0.1, -0.05) is 0 Å². The fourth-order valence-corrected chi connectivity index (χ4v) is 3.86. The second-order valence-corrected chi connectivity index (χ2v) is 7.37. The molecule has 0 bridgehead atoms. The van der Waals surface area contributed by atoms with Crippen LogP contribution in [0.15, 0.2) is 30.3 Å². The molecule has 3 nitrogen and oxygen atoms in total. The number of carbonyl (C=O) groups excluding carboxylic acids is 1. The van der Waals surface area contributed by atoms with Gasteiger partial charge in [0, 0.05) is 0 Å². The van der Waals surface area contributed by atoms with Gasteiger partial charge in [-0.15, -0.1) is 0 Å². The van der Waals surface area contributed by atoms with Crippen LogP contribution in [0.5, 0.6) is 0 Å². The predicted octanol–water partition coefficient (Wildman–Crippen LogP) is 1.49. The quantitative estimate of drug-likeness (QED) is 0.432. The minimum atomic E-state index is -1.04. The summed E-state index contributed by atoms with van der Waals surface area (Å²) in [7, 11) is 5.94. The van der Waals surface area contributed by atoms with E-state index >= 15 is 0 Å². The van der Waals surface area contributed by atoms with Crippen LogP contribution in [0.1, 0.15) is 6.42 Å². The zero-order valence-corrected chi connectivity index (χ0v) is 13.1. The summed E-state index contributed by atoms with van der Waals surface area (Å²) in [6.07, 6.45) is 0.132. The van der Waals surface area contributed by atoms with Crippen molar-refractivity contribution < 1.29 is 14.1 Å². The van der Waals surface area contributed by atoms with Crippen LogP contribution in [0.2, 0.25) is 5.32 Å². The zero-order valence-electron chi connectivity index (χ0n) is 10.5. The standard InChI is InChI=1S/C12H16BO3PSe/c1-15-12(14)11(16-17(2)13)8-9-18-10-6-4-3-5-7-10/h3-7,11H,8-9H2,1-2H3/t11-,17?/m1/s1. The van der Waals surface area contributed by atoms with E-state index in [0.717, 1.165) is 5.32 Å². The van der Waals surface area contributed by atoms with Gasteiger partial charge in [0.1, 0.15) is 0 Å². The Balaban J connectivity index is 2.40. The van der Waals surface area contributed by atoms with Gasteiger partial charge in [0.25, 0.3) is 0 Å². The second-order valence-electron chi connectivity index (χ2n) is 3.61. The molecule has 0 aliphatic heterocycles. The monoisotopic (exact) mass is 330 g/mol. The third-order valence-corrected chi connectivity index (χ3v) is 4.93. The van der Waals surface area contributed by atoms with Crippen molar-refractivity contribution in [1.82, 2.24) is 0 Å². The molecule has 2 radical (unpaired) electrons. The van der Waals surface area contributed by atoms with E-state index in [1.54, 1.807) is 6.66 Å². The molecule has 0 aliphatic carbocycles. The Bertz CT molecular complexity index is 362. The molecule has 6 heteroatoms. The summed E-state index contributed by atoms with van der Waals surface area (Å²) in [6.45, 7) is 1.77. The first kappa shape index (κ1) is 15.7. The van der Waals surface area contributed by atoms with Gasteiger partial charge in [-0.2, -0.15) is 0 Å². The minimum absolute atomic E-state index is 0.335. The van der Waals surface area contributed by atoms with Crippen LogP contribution in [0, 0.1) is 0 Å². The number of rotatable bonds is 7. The number of ether oxygens (including phenoxy) is 1. The number of carbonyl (C=O) groups is 1. The molecule has 0 saturated heterocycles. The molecule has 0 saturated carbocycles. The molecule has 0 spiro atoms. The van der Waals surface area contributed by atoms with E-state index < -0.39 is 14.1 Å². The molecule has 96 valence electrons. The third kappa shape index (κ3) is 6.02. The van der Waals surface area contributed by atoms with Crippen LogP contribution in [0.25, 0.3) is 0 Å². The van der Waals surface area contributed by atoms with Crippen LogP contribution >= 0.6 is 8.03 Å². The molecule has 1 aromatic rings. The summed E-state index contributed by atoms with van der Waals surface area (Å²) in [5.41, 5.74) is 0. The Morgan fingerprint density at radius 3 is 2.67 bits per heavy atom. The van der Waals surface area contributed by atoms with Crippen LogP contribution in [-0.2, 0) is 14.1 Å². The van der Waals surface area contributed by atoms with Gasteiger partial charge >= 0.3 is 117 Å². The van der Waals surface area contributed by atoms with Crippen LogP contribution in [0.3, 0.4) is 0 Å². The van der Waals surface area contributed by atoms with Gasteiger partial charge in [0.2, 0.25) is 0 Å². The van der Waals surface area contributed by atoms with E-state index in [9.17, 15) is 4.79 Å². The van der Waals surface area contributed by atoms with Gasteiger partial charge in [0.15, 0.2) is 0 Å². The van der Waals surface area contributed by atoms with E-state index in [-0.39, 0.29) is 5.97 Å². The van der Waals surface area contributed by atoms with E-state index in [1.807, 2.05) is 18.2 Å². The van der Waals surface area contributed by atoms with E-state index in [4.69, 9.17) is 16.8 Å². The molecular formula is C12H16BO3PSe. The van der Waals surface area contributed by atoms with Gasteiger partial charge in [-0.3, -0.25) is 0 Å². The van der Waals surface area contributed by atoms with Crippen molar-refractivity contribution in [2.75, 3.05) is 13.8 Å². The van der Waals surface area contributed by atoms with Crippen molar-refractivity contribution in [3.63, 3.8) is 0 Å². The molecule has 1 aromatic carbocycles. The number of methoxy groups -OCH3 is 1.